The van der Waals surface area contributed by atoms with Gasteiger partial charge in [-0.05, 0) is 23.8 Å². The molecule has 0 aliphatic carbocycles. The summed E-state index contributed by atoms with van der Waals surface area (Å²) in [5, 5.41) is 13.4. The van der Waals surface area contributed by atoms with Crippen LogP contribution in [0.3, 0.4) is 0 Å². The molecule has 20 heavy (non-hydrogen) atoms. The molecular weight excluding hydrogens is 294 g/mol. The first-order chi connectivity index (χ1) is 9.76. The third kappa shape index (κ3) is 2.57. The summed E-state index contributed by atoms with van der Waals surface area (Å²) in [4.78, 5) is 5.74. The zero-order valence-electron chi connectivity index (χ0n) is 10.2. The number of nitriles is 1. The second-order valence-corrected chi connectivity index (χ2v) is 5.55. The van der Waals surface area contributed by atoms with Crippen LogP contribution in [0.1, 0.15) is 16.3 Å². The quantitative estimate of drug-likeness (QED) is 0.735. The predicted octanol–water partition coefficient (Wildman–Crippen LogP) is 3.91. The summed E-state index contributed by atoms with van der Waals surface area (Å²) < 4.78 is 5.22. The monoisotopic (exact) mass is 301 g/mol. The van der Waals surface area contributed by atoms with E-state index < -0.39 is 0 Å². The molecular formula is C14H8ClN3OS. The fourth-order valence-corrected chi connectivity index (χ4v) is 2.68. The molecule has 2 heterocycles. The number of nitrogens with zero attached hydrogens (tertiary/aromatic N) is 3. The lowest BCUT2D eigenvalue weighted by Crippen LogP contribution is -1.91. The molecule has 0 N–H and O–H groups in total. The highest BCUT2D eigenvalue weighted by atomic mass is 35.5. The summed E-state index contributed by atoms with van der Waals surface area (Å²) in [5.41, 5.74) is 0.949. The van der Waals surface area contributed by atoms with Gasteiger partial charge in [0.25, 0.3) is 5.89 Å². The molecule has 0 amide bonds. The van der Waals surface area contributed by atoms with Crippen molar-refractivity contribution in [2.45, 2.75) is 6.42 Å². The highest BCUT2D eigenvalue weighted by molar-refractivity contribution is 7.15. The Labute approximate surface area is 124 Å². The number of thiophene rings is 1. The van der Waals surface area contributed by atoms with Crippen molar-refractivity contribution < 1.29 is 4.52 Å². The number of aromatic nitrogens is 2. The van der Waals surface area contributed by atoms with Crippen LogP contribution in [0.25, 0.3) is 10.8 Å². The lowest BCUT2D eigenvalue weighted by Gasteiger charge is -1.98. The molecule has 0 atom stereocenters. The van der Waals surface area contributed by atoms with Crippen molar-refractivity contribution in [3.63, 3.8) is 0 Å². The largest absolute Gasteiger partial charge is 0.333 e. The van der Waals surface area contributed by atoms with E-state index in [1.165, 1.54) is 11.3 Å². The molecule has 6 heteroatoms. The van der Waals surface area contributed by atoms with Crippen molar-refractivity contribution in [1.29, 1.82) is 5.26 Å². The van der Waals surface area contributed by atoms with Gasteiger partial charge in [0.05, 0.1) is 4.88 Å². The highest BCUT2D eigenvalue weighted by Crippen LogP contribution is 2.27. The minimum Gasteiger partial charge on any atom is -0.333 e. The number of hydrogen-bond acceptors (Lipinski definition) is 5. The predicted molar refractivity (Wildman–Crippen MR) is 76.6 cm³/mol. The summed E-state index contributed by atoms with van der Waals surface area (Å²) in [6.45, 7) is 0. The molecule has 3 aromatic rings. The molecule has 0 unspecified atom stereocenters. The Kier molecular flexibility index (Phi) is 3.50. The molecule has 2 aromatic heterocycles. The number of benzene rings is 1. The maximum Gasteiger partial charge on any atom is 0.268 e. The zero-order chi connectivity index (χ0) is 13.9. The molecule has 0 saturated heterocycles. The van der Waals surface area contributed by atoms with Crippen molar-refractivity contribution in [3.05, 3.63) is 57.7 Å². The third-order valence-corrected chi connectivity index (χ3v) is 4.05. The van der Waals surface area contributed by atoms with Gasteiger partial charge < -0.3 is 4.52 Å². The van der Waals surface area contributed by atoms with Gasteiger partial charge in [-0.15, -0.1) is 11.3 Å². The van der Waals surface area contributed by atoms with Crippen molar-refractivity contribution >= 4 is 22.9 Å². The van der Waals surface area contributed by atoms with Crippen molar-refractivity contribution in [2.24, 2.45) is 0 Å². The third-order valence-electron chi connectivity index (χ3n) is 2.70. The first-order valence-corrected chi connectivity index (χ1v) is 7.02. The van der Waals surface area contributed by atoms with Gasteiger partial charge >= 0.3 is 0 Å². The van der Waals surface area contributed by atoms with E-state index in [9.17, 15) is 0 Å². The summed E-state index contributed by atoms with van der Waals surface area (Å²) in [6.07, 6.45) is 0.514. The number of hydrogen-bond donors (Lipinski definition) is 0. The Morgan fingerprint density at radius 2 is 2.10 bits per heavy atom. The second kappa shape index (κ2) is 5.45. The van der Waals surface area contributed by atoms with Crippen molar-refractivity contribution in [3.8, 4) is 16.8 Å². The van der Waals surface area contributed by atoms with E-state index in [4.69, 9.17) is 21.4 Å². The van der Waals surface area contributed by atoms with Crippen LogP contribution in [0.15, 0.2) is 40.9 Å². The van der Waals surface area contributed by atoms with E-state index in [0.717, 1.165) is 10.4 Å². The van der Waals surface area contributed by atoms with Crippen LogP contribution in [0.5, 0.6) is 0 Å². The van der Waals surface area contributed by atoms with Crippen LogP contribution >= 0.6 is 22.9 Å². The fourth-order valence-electron chi connectivity index (χ4n) is 1.75. The van der Waals surface area contributed by atoms with Crippen LogP contribution in [0.2, 0.25) is 5.02 Å². The number of halogens is 1. The summed E-state index contributed by atoms with van der Waals surface area (Å²) in [6, 6.07) is 13.2. The molecule has 0 spiro atoms. The summed E-state index contributed by atoms with van der Waals surface area (Å²) in [7, 11) is 0. The van der Waals surface area contributed by atoms with E-state index in [0.29, 0.717) is 28.0 Å². The molecule has 1 aromatic carbocycles. The van der Waals surface area contributed by atoms with Gasteiger partial charge in [-0.3, -0.25) is 0 Å². The summed E-state index contributed by atoms with van der Waals surface area (Å²) >= 11 is 7.43. The minimum atomic E-state index is 0.429. The zero-order valence-corrected chi connectivity index (χ0v) is 11.8. The van der Waals surface area contributed by atoms with Gasteiger partial charge in [0.15, 0.2) is 5.82 Å². The first-order valence-electron chi connectivity index (χ1n) is 5.82. The molecule has 98 valence electrons. The smallest absolute Gasteiger partial charge is 0.268 e. The van der Waals surface area contributed by atoms with Crippen LogP contribution < -0.4 is 0 Å². The van der Waals surface area contributed by atoms with Crippen LogP contribution in [-0.4, -0.2) is 10.1 Å². The van der Waals surface area contributed by atoms with E-state index in [2.05, 4.69) is 16.2 Å². The molecule has 4 nitrogen and oxygen atoms in total. The SMILES string of the molecule is N#Cc1ccc(-c2nc(Cc3ccccc3Cl)no2)s1. The molecule has 0 radical (unpaired) electrons. The molecule has 0 aliphatic rings. The lowest BCUT2D eigenvalue weighted by molar-refractivity contribution is 0.425. The van der Waals surface area contributed by atoms with E-state index >= 15 is 0 Å². The Morgan fingerprint density at radius 3 is 2.85 bits per heavy atom. The fraction of sp³-hybridized carbons (Fsp3) is 0.0714. The maximum atomic E-state index is 8.81. The average molecular weight is 302 g/mol. The average Bonchev–Trinajstić information content (AvgIpc) is 3.10. The first kappa shape index (κ1) is 12.9. The number of rotatable bonds is 3. The topological polar surface area (TPSA) is 62.7 Å². The van der Waals surface area contributed by atoms with E-state index in [1.54, 1.807) is 12.1 Å². The van der Waals surface area contributed by atoms with Crippen molar-refractivity contribution in [2.75, 3.05) is 0 Å². The molecule has 0 saturated carbocycles. The van der Waals surface area contributed by atoms with Gasteiger partial charge in [0.2, 0.25) is 0 Å². The lowest BCUT2D eigenvalue weighted by atomic mass is 10.1. The van der Waals surface area contributed by atoms with Gasteiger partial charge in [-0.1, -0.05) is 35.0 Å². The van der Waals surface area contributed by atoms with Crippen LogP contribution in [0.4, 0.5) is 0 Å². The van der Waals surface area contributed by atoms with E-state index in [1.807, 2.05) is 24.3 Å². The van der Waals surface area contributed by atoms with E-state index in [-0.39, 0.29) is 0 Å². The highest BCUT2D eigenvalue weighted by Gasteiger charge is 2.12. The Hall–Kier alpha value is -2.16. The molecule has 0 aliphatic heterocycles. The Morgan fingerprint density at radius 1 is 1.25 bits per heavy atom. The van der Waals surface area contributed by atoms with Gasteiger partial charge in [0, 0.05) is 11.4 Å². The normalized spacial score (nSPS) is 10.4. The standard InChI is InChI=1S/C14H8ClN3OS/c15-11-4-2-1-3-9(11)7-13-17-14(19-18-13)12-6-5-10(8-16)20-12/h1-6H,7H2. The van der Waals surface area contributed by atoms with Gasteiger partial charge in [-0.25, -0.2) is 0 Å². The Balaban J connectivity index is 1.84. The maximum absolute atomic E-state index is 8.81. The second-order valence-electron chi connectivity index (χ2n) is 4.06. The Bertz CT molecular complexity index is 788. The molecule has 0 fully saturated rings. The molecule has 0 bridgehead atoms. The molecule has 3 rings (SSSR count). The minimum absolute atomic E-state index is 0.429. The van der Waals surface area contributed by atoms with Crippen LogP contribution in [-0.2, 0) is 6.42 Å². The van der Waals surface area contributed by atoms with Crippen LogP contribution in [0, 0.1) is 11.3 Å². The van der Waals surface area contributed by atoms with Crippen molar-refractivity contribution in [1.82, 2.24) is 10.1 Å². The summed E-state index contributed by atoms with van der Waals surface area (Å²) in [5.74, 6) is 0.999. The van der Waals surface area contributed by atoms with Gasteiger partial charge in [0.1, 0.15) is 10.9 Å². The van der Waals surface area contributed by atoms with Gasteiger partial charge in [-0.2, -0.15) is 10.2 Å².